The Hall–Kier alpha value is -1.51. The van der Waals surface area contributed by atoms with Crippen LogP contribution in [-0.2, 0) is 6.54 Å². The average Bonchev–Trinajstić information content (AvgIpc) is 2.53. The normalized spacial score (nSPS) is 16.0. The molecule has 3 nitrogen and oxygen atoms in total. The van der Waals surface area contributed by atoms with E-state index in [9.17, 15) is 0 Å². The van der Waals surface area contributed by atoms with Crippen LogP contribution in [0.1, 0.15) is 12.0 Å². The summed E-state index contributed by atoms with van der Waals surface area (Å²) in [5, 5.41) is 6.22. The molecule has 1 aliphatic heterocycles. The third kappa shape index (κ3) is 1.99. The van der Waals surface area contributed by atoms with Gasteiger partial charge >= 0.3 is 0 Å². The predicted octanol–water partition coefficient (Wildman–Crippen LogP) is 1.16. The predicted molar refractivity (Wildman–Crippen MR) is 53.1 cm³/mol. The highest BCUT2D eigenvalue weighted by molar-refractivity contribution is 5.81. The molecule has 0 aromatic heterocycles. The lowest BCUT2D eigenvalue weighted by Gasteiger charge is -2.12. The number of hydrogen-bond acceptors (Lipinski definition) is 3. The molecule has 0 spiro atoms. The van der Waals surface area contributed by atoms with Crippen LogP contribution in [-0.4, -0.2) is 17.4 Å². The second kappa shape index (κ2) is 3.47. The van der Waals surface area contributed by atoms with Crippen molar-refractivity contribution in [3.05, 3.63) is 35.9 Å². The molecule has 0 fully saturated rings. The molecule has 1 aromatic rings. The third-order valence-corrected chi connectivity index (χ3v) is 2.10. The molecule has 0 saturated carbocycles. The second-order valence-corrected chi connectivity index (χ2v) is 3.22. The first-order chi connectivity index (χ1) is 6.34. The zero-order chi connectivity index (χ0) is 9.10. The largest absolute Gasteiger partial charge is 0.386 e. The lowest BCUT2D eigenvalue weighted by atomic mass is 10.2. The Morgan fingerprint density at radius 1 is 1.31 bits per heavy atom. The van der Waals surface area contributed by atoms with Crippen LogP contribution >= 0.6 is 0 Å². The average molecular weight is 175 g/mol. The molecule has 13 heavy (non-hydrogen) atoms. The maximum absolute atomic E-state index is 5.59. The molecule has 0 saturated heterocycles. The van der Waals surface area contributed by atoms with Crippen LogP contribution in [0.25, 0.3) is 0 Å². The van der Waals surface area contributed by atoms with Gasteiger partial charge in [-0.1, -0.05) is 30.3 Å². The highest BCUT2D eigenvalue weighted by Crippen LogP contribution is 2.09. The van der Waals surface area contributed by atoms with Crippen molar-refractivity contribution in [3.63, 3.8) is 0 Å². The van der Waals surface area contributed by atoms with Gasteiger partial charge in [0.25, 0.3) is 0 Å². The standard InChI is InChI=1S/C10H13N3/c11-10-6-7-13(12-10)8-9-4-2-1-3-5-9/h1-5H,6-8H2,(H2,11,12). The van der Waals surface area contributed by atoms with Crippen LogP contribution in [0, 0.1) is 0 Å². The van der Waals surface area contributed by atoms with Gasteiger partial charge in [0, 0.05) is 13.0 Å². The van der Waals surface area contributed by atoms with Crippen molar-refractivity contribution >= 4 is 5.84 Å². The van der Waals surface area contributed by atoms with E-state index in [2.05, 4.69) is 17.2 Å². The molecule has 1 heterocycles. The van der Waals surface area contributed by atoms with E-state index in [4.69, 9.17) is 5.73 Å². The summed E-state index contributed by atoms with van der Waals surface area (Å²) in [6.07, 6.45) is 0.896. The Morgan fingerprint density at radius 3 is 2.69 bits per heavy atom. The van der Waals surface area contributed by atoms with Crippen molar-refractivity contribution in [2.24, 2.45) is 10.8 Å². The van der Waals surface area contributed by atoms with Crippen molar-refractivity contribution in [1.82, 2.24) is 5.01 Å². The van der Waals surface area contributed by atoms with Gasteiger partial charge in [-0.05, 0) is 5.56 Å². The molecule has 0 bridgehead atoms. The Balaban J connectivity index is 2.00. The van der Waals surface area contributed by atoms with E-state index in [-0.39, 0.29) is 0 Å². The number of hydrazone groups is 1. The van der Waals surface area contributed by atoms with E-state index in [1.54, 1.807) is 0 Å². The smallest absolute Gasteiger partial charge is 0.121 e. The van der Waals surface area contributed by atoms with Gasteiger partial charge in [-0.15, -0.1) is 0 Å². The first-order valence-corrected chi connectivity index (χ1v) is 4.46. The first kappa shape index (κ1) is 8.10. The van der Waals surface area contributed by atoms with Crippen molar-refractivity contribution in [3.8, 4) is 0 Å². The monoisotopic (exact) mass is 175 g/mol. The van der Waals surface area contributed by atoms with Crippen LogP contribution in [0.5, 0.6) is 0 Å². The van der Waals surface area contributed by atoms with E-state index in [1.807, 2.05) is 23.2 Å². The molecule has 1 aromatic carbocycles. The van der Waals surface area contributed by atoms with Gasteiger partial charge in [0.1, 0.15) is 5.84 Å². The Morgan fingerprint density at radius 2 is 2.08 bits per heavy atom. The van der Waals surface area contributed by atoms with E-state index in [0.717, 1.165) is 25.3 Å². The van der Waals surface area contributed by atoms with E-state index in [1.165, 1.54) is 5.56 Å². The minimum Gasteiger partial charge on any atom is -0.386 e. The van der Waals surface area contributed by atoms with Gasteiger partial charge in [-0.3, -0.25) is 5.01 Å². The number of benzene rings is 1. The molecule has 0 aliphatic carbocycles. The fourth-order valence-corrected chi connectivity index (χ4v) is 1.43. The summed E-state index contributed by atoms with van der Waals surface area (Å²) in [4.78, 5) is 0. The lowest BCUT2D eigenvalue weighted by molar-refractivity contribution is 0.310. The highest BCUT2D eigenvalue weighted by Gasteiger charge is 2.10. The number of rotatable bonds is 2. The molecular formula is C10H13N3. The zero-order valence-electron chi connectivity index (χ0n) is 7.48. The van der Waals surface area contributed by atoms with Crippen LogP contribution in [0.2, 0.25) is 0 Å². The fraction of sp³-hybridized carbons (Fsp3) is 0.300. The molecular weight excluding hydrogens is 162 g/mol. The fourth-order valence-electron chi connectivity index (χ4n) is 1.43. The molecule has 0 amide bonds. The van der Waals surface area contributed by atoms with Gasteiger partial charge in [0.2, 0.25) is 0 Å². The highest BCUT2D eigenvalue weighted by atomic mass is 15.5. The minimum atomic E-state index is 0.746. The minimum absolute atomic E-state index is 0.746. The topological polar surface area (TPSA) is 41.6 Å². The summed E-state index contributed by atoms with van der Waals surface area (Å²) in [5.41, 5.74) is 6.87. The van der Waals surface area contributed by atoms with Crippen LogP contribution < -0.4 is 5.73 Å². The first-order valence-electron chi connectivity index (χ1n) is 4.46. The number of amidine groups is 1. The van der Waals surface area contributed by atoms with Crippen molar-refractivity contribution in [2.75, 3.05) is 6.54 Å². The summed E-state index contributed by atoms with van der Waals surface area (Å²) in [6.45, 7) is 1.81. The molecule has 0 radical (unpaired) electrons. The number of hydrogen-bond donors (Lipinski definition) is 1. The second-order valence-electron chi connectivity index (χ2n) is 3.22. The van der Waals surface area contributed by atoms with Gasteiger partial charge in [0.05, 0.1) is 6.54 Å². The summed E-state index contributed by atoms with van der Waals surface area (Å²) in [6, 6.07) is 10.3. The summed E-state index contributed by atoms with van der Waals surface area (Å²) in [5.74, 6) is 0.746. The molecule has 0 unspecified atom stereocenters. The summed E-state index contributed by atoms with van der Waals surface area (Å²) in [7, 11) is 0. The van der Waals surface area contributed by atoms with Gasteiger partial charge in [0.15, 0.2) is 0 Å². The molecule has 1 aliphatic rings. The third-order valence-electron chi connectivity index (χ3n) is 2.10. The Labute approximate surface area is 77.9 Å². The van der Waals surface area contributed by atoms with E-state index < -0.39 is 0 Å². The van der Waals surface area contributed by atoms with Crippen LogP contribution in [0.4, 0.5) is 0 Å². The molecule has 2 rings (SSSR count). The van der Waals surface area contributed by atoms with Crippen molar-refractivity contribution in [1.29, 1.82) is 0 Å². The molecule has 0 atom stereocenters. The van der Waals surface area contributed by atoms with Crippen molar-refractivity contribution < 1.29 is 0 Å². The van der Waals surface area contributed by atoms with Gasteiger partial charge in [-0.25, -0.2) is 0 Å². The Kier molecular flexibility index (Phi) is 2.17. The van der Waals surface area contributed by atoms with Gasteiger partial charge in [-0.2, -0.15) is 5.10 Å². The van der Waals surface area contributed by atoms with Crippen LogP contribution in [0.15, 0.2) is 35.4 Å². The maximum Gasteiger partial charge on any atom is 0.121 e. The zero-order valence-corrected chi connectivity index (χ0v) is 7.48. The number of nitrogens with zero attached hydrogens (tertiary/aromatic N) is 2. The molecule has 68 valence electrons. The lowest BCUT2D eigenvalue weighted by Crippen LogP contribution is -2.12. The Bertz CT molecular complexity index is 305. The maximum atomic E-state index is 5.59. The van der Waals surface area contributed by atoms with Gasteiger partial charge < -0.3 is 5.73 Å². The molecule has 2 N–H and O–H groups in total. The number of nitrogens with two attached hydrogens (primary N) is 1. The summed E-state index contributed by atoms with van der Waals surface area (Å²) < 4.78 is 0. The SMILES string of the molecule is NC1=NN(Cc2ccccc2)CC1. The quantitative estimate of drug-likeness (QED) is 0.733. The van der Waals surface area contributed by atoms with Crippen molar-refractivity contribution in [2.45, 2.75) is 13.0 Å². The van der Waals surface area contributed by atoms with E-state index >= 15 is 0 Å². The van der Waals surface area contributed by atoms with Crippen LogP contribution in [0.3, 0.4) is 0 Å². The van der Waals surface area contributed by atoms with E-state index in [0.29, 0.717) is 0 Å². The summed E-state index contributed by atoms with van der Waals surface area (Å²) >= 11 is 0. The molecule has 3 heteroatoms.